The van der Waals surface area contributed by atoms with Gasteiger partial charge in [-0.2, -0.15) is 0 Å². The van der Waals surface area contributed by atoms with Crippen molar-refractivity contribution in [1.29, 1.82) is 0 Å². The zero-order chi connectivity index (χ0) is 56.8. The van der Waals surface area contributed by atoms with Crippen molar-refractivity contribution in [3.8, 4) is 11.4 Å². The van der Waals surface area contributed by atoms with E-state index in [1.54, 1.807) is 151 Å². The number of hydrogen-bond donors (Lipinski definition) is 2. The van der Waals surface area contributed by atoms with Gasteiger partial charge in [-0.1, -0.05) is 133 Å². The first-order chi connectivity index (χ1) is 39.5. The molecule has 0 radical (unpaired) electrons. The van der Waals surface area contributed by atoms with Crippen molar-refractivity contribution in [3.05, 3.63) is 211 Å². The number of nitrogens with zero attached hydrogens (tertiary/aromatic N) is 2. The van der Waals surface area contributed by atoms with Crippen LogP contribution in [0.15, 0.2) is 211 Å². The molecule has 2 aromatic heterocycles. The summed E-state index contributed by atoms with van der Waals surface area (Å²) in [5.41, 5.74) is 15.7. The topological polar surface area (TPSA) is 47.9 Å². The van der Waals surface area contributed by atoms with Gasteiger partial charge in [0.1, 0.15) is 0 Å². The van der Waals surface area contributed by atoms with E-state index in [9.17, 15) is 0 Å². The van der Waals surface area contributed by atoms with Crippen LogP contribution in [0, 0.1) is 0 Å². The van der Waals surface area contributed by atoms with Crippen molar-refractivity contribution >= 4 is 330 Å². The van der Waals surface area contributed by atoms with Gasteiger partial charge >= 0.3 is 0 Å². The molecule has 81 heavy (non-hydrogen) atoms. The average molecular weight is 1630 g/mol. The number of nitrogen functional groups attached to an aromatic ring is 1. The van der Waals surface area contributed by atoms with Crippen LogP contribution in [0.3, 0.4) is 0 Å². The summed E-state index contributed by atoms with van der Waals surface area (Å²) in [6.45, 7) is 0. The van der Waals surface area contributed by atoms with Crippen LogP contribution in [0.4, 0.5) is 17.1 Å². The fourth-order valence-electron chi connectivity index (χ4n) is 7.04. The van der Waals surface area contributed by atoms with Crippen LogP contribution < -0.4 is 11.1 Å². The first-order valence-corrected chi connectivity index (χ1v) is 54.4. The molecule has 10 rings (SSSR count). The maximum atomic E-state index is 5.36. The normalized spacial score (nSPS) is 9.30. The number of benzene rings is 8. The van der Waals surface area contributed by atoms with E-state index in [0.717, 1.165) is 21.5 Å². The highest BCUT2D eigenvalue weighted by molar-refractivity contribution is 9.10. The highest BCUT2D eigenvalue weighted by Gasteiger charge is 2.13. The minimum absolute atomic E-state index is 0. The summed E-state index contributed by atoms with van der Waals surface area (Å²) in [5, 5.41) is 8.58. The molecule has 4 nitrogen and oxygen atoms in total. The molecule has 0 aliphatic rings. The van der Waals surface area contributed by atoms with Gasteiger partial charge in [-0.05, 0) is 97.1 Å². The zero-order valence-corrected chi connectivity index (χ0v) is 63.6. The SMILES string of the molecule is Brc1ccc2c(c1)c1ccccc1n2-c1ccccc1.C.Nc1ccccc1.S=S.S=S=S=S=S=S=S=S=S=S=S=S.S=S=S=S=S=S=S=S=S=S=S=S=S.c1ccc(Nc2ccc3c(c2)c2ccccc2n3-c2ccccc2)cc1. The Kier molecular flexibility index (Phi) is 41.0. The second-order valence-electron chi connectivity index (χ2n) is 14.1. The Morgan fingerprint density at radius 3 is 1.00 bits per heavy atom. The Bertz CT molecular complexity index is 4590. The van der Waals surface area contributed by atoms with E-state index in [-0.39, 0.29) is 7.43 Å². The van der Waals surface area contributed by atoms with Gasteiger partial charge in [-0.3, -0.25) is 0 Å². The summed E-state index contributed by atoms with van der Waals surface area (Å²) in [6.07, 6.45) is 0. The lowest BCUT2D eigenvalue weighted by molar-refractivity contribution is 1.18. The second kappa shape index (κ2) is 45.6. The standard InChI is InChI=1S/C24H18N2.C18H12BrN.C6H7N.CH4.S13.S12.S2/c1-3-9-18(10-4-1)25-19-15-16-24-22(17-19)21-13-7-8-14-23(21)26(24)20-11-5-2-6-12-20;19-13-10-11-18-16(12-13)15-8-4-5-9-17(15)20(18)14-6-2-1-3-7-14;7-6-4-2-1-3-5-6;;1-3-5-7-9-11-13-12-10-8-6-4-2;1-3-5-7-9-11-12-10-8-6-4-2;1-2/h1-17,25H;1-12H;1-5H,7H2;1H4;;;. The lowest BCUT2D eigenvalue weighted by Crippen LogP contribution is -1.93. The lowest BCUT2D eigenvalue weighted by Gasteiger charge is -2.09. The highest BCUT2D eigenvalue weighted by Crippen LogP contribution is 2.35. The van der Waals surface area contributed by atoms with Gasteiger partial charge in [0.2, 0.25) is 0 Å². The average Bonchev–Trinajstić information content (AvgIpc) is 4.18. The monoisotopic (exact) mass is 1630 g/mol. The third-order valence-electron chi connectivity index (χ3n) is 9.73. The van der Waals surface area contributed by atoms with Gasteiger partial charge in [-0.25, -0.2) is 0 Å². The predicted molar refractivity (Wildman–Crippen MR) is 435 cm³/mol. The Morgan fingerprint density at radius 1 is 0.321 bits per heavy atom. The first-order valence-electron chi connectivity index (χ1n) is 21.6. The molecule has 426 valence electrons. The fourth-order valence-corrected chi connectivity index (χ4v) is 54.1. The van der Waals surface area contributed by atoms with Crippen LogP contribution in [0.2, 0.25) is 0 Å². The molecule has 0 aliphatic carbocycles. The van der Waals surface area contributed by atoms with Crippen LogP contribution in [0.5, 0.6) is 0 Å². The number of para-hydroxylation sites is 6. The number of hydrogen-bond acceptors (Lipinski definition) is 8. The number of halogens is 1. The summed E-state index contributed by atoms with van der Waals surface area (Å²) in [5.74, 6) is 0. The molecule has 32 heteroatoms. The van der Waals surface area contributed by atoms with Gasteiger partial charge in [0.15, 0.2) is 0 Å². The second-order valence-corrected chi connectivity index (χ2v) is 52.2. The van der Waals surface area contributed by atoms with Gasteiger partial charge in [0.25, 0.3) is 0 Å². The number of aromatic nitrogens is 2. The van der Waals surface area contributed by atoms with Gasteiger partial charge in [0.05, 0.1) is 22.1 Å². The predicted octanol–water partition coefficient (Wildman–Crippen LogP) is 13.9. The summed E-state index contributed by atoms with van der Waals surface area (Å²) in [4.78, 5) is 0. The van der Waals surface area contributed by atoms with E-state index in [4.69, 9.17) is 28.1 Å². The van der Waals surface area contributed by atoms with E-state index < -0.39 is 0 Å². The van der Waals surface area contributed by atoms with E-state index in [1.165, 1.54) is 90.5 Å². The Hall–Kier alpha value is -0.620. The molecule has 0 atom stereocenters. The van der Waals surface area contributed by atoms with Crippen LogP contribution in [-0.4, -0.2) is 9.13 Å². The van der Waals surface area contributed by atoms with E-state index >= 15 is 0 Å². The summed E-state index contributed by atoms with van der Waals surface area (Å²) < 4.78 is 5.76. The zero-order valence-electron chi connectivity index (χ0n) is 40.0. The van der Waals surface area contributed by atoms with Gasteiger partial charge < -0.3 is 20.2 Å². The molecule has 0 spiro atoms. The van der Waals surface area contributed by atoms with Crippen molar-refractivity contribution in [3.63, 3.8) is 0 Å². The minimum Gasteiger partial charge on any atom is -0.399 e. The van der Waals surface area contributed by atoms with E-state index in [2.05, 4.69) is 227 Å². The largest absolute Gasteiger partial charge is 0.399 e. The molecule has 0 bridgehead atoms. The summed E-state index contributed by atoms with van der Waals surface area (Å²) >= 11 is 29.7. The number of fused-ring (bicyclic) bond motifs is 6. The van der Waals surface area contributed by atoms with Gasteiger partial charge in [-0.15, -0.1) is 0 Å². The molecule has 3 N–H and O–H groups in total. The molecule has 10 aromatic rings. The molecule has 0 fully saturated rings. The molecular weight excluding hydrogens is 1590 g/mol. The fraction of sp³-hybridized carbons (Fsp3) is 0.0204. The molecule has 0 unspecified atom stereocenters. The Labute approximate surface area is 570 Å². The van der Waals surface area contributed by atoms with E-state index in [0.29, 0.717) is 0 Å². The third kappa shape index (κ3) is 26.3. The van der Waals surface area contributed by atoms with E-state index in [1.807, 2.05) is 54.6 Å². The Balaban J connectivity index is 0.000000229. The molecular formula is C49H41BrN4S27. The third-order valence-corrected chi connectivity index (χ3v) is 52.4. The van der Waals surface area contributed by atoms with Crippen LogP contribution in [0.1, 0.15) is 7.43 Å². The summed E-state index contributed by atoms with van der Waals surface area (Å²) in [6, 6.07) is 71.0. The number of rotatable bonds is 4. The Morgan fingerprint density at radius 2 is 0.630 bits per heavy atom. The quantitative estimate of drug-likeness (QED) is 0.169. The highest BCUT2D eigenvalue weighted by atomic mass is 79.9. The van der Waals surface area contributed by atoms with Crippen molar-refractivity contribution in [2.75, 3.05) is 11.1 Å². The maximum Gasteiger partial charge on any atom is 0.0542 e. The van der Waals surface area contributed by atoms with Crippen LogP contribution >= 0.6 is 15.9 Å². The maximum absolute atomic E-state index is 5.36. The van der Waals surface area contributed by atoms with Crippen molar-refractivity contribution < 1.29 is 0 Å². The van der Waals surface area contributed by atoms with Crippen molar-refractivity contribution in [2.45, 2.75) is 7.43 Å². The van der Waals surface area contributed by atoms with Crippen molar-refractivity contribution in [1.82, 2.24) is 9.13 Å². The first kappa shape index (κ1) is 72.9. The number of nitrogens with two attached hydrogens (primary N) is 1. The number of nitrogens with one attached hydrogen (secondary N) is 1. The molecule has 2 heterocycles. The van der Waals surface area contributed by atoms with Crippen LogP contribution in [0.25, 0.3) is 55.0 Å². The van der Waals surface area contributed by atoms with Gasteiger partial charge in [0, 0.05) is 308 Å². The molecule has 0 amide bonds. The lowest BCUT2D eigenvalue weighted by atomic mass is 10.1. The number of anilines is 3. The molecule has 8 aromatic carbocycles. The summed E-state index contributed by atoms with van der Waals surface area (Å²) in [7, 11) is 34.4. The molecule has 0 aliphatic heterocycles. The van der Waals surface area contributed by atoms with Crippen molar-refractivity contribution in [2.24, 2.45) is 0 Å². The molecule has 0 saturated carbocycles. The smallest absolute Gasteiger partial charge is 0.0542 e. The minimum atomic E-state index is 0. The molecule has 0 saturated heterocycles. The van der Waals surface area contributed by atoms with Crippen LogP contribution in [-0.2, 0) is 254 Å².